The fraction of sp³-hybridized carbons (Fsp3) is 0.500. The second kappa shape index (κ2) is 6.94. The van der Waals surface area contributed by atoms with Gasteiger partial charge in [-0.3, -0.25) is 9.80 Å². The van der Waals surface area contributed by atoms with Gasteiger partial charge in [-0.25, -0.2) is 4.39 Å². The summed E-state index contributed by atoms with van der Waals surface area (Å²) in [5.41, 5.74) is 1.78. The van der Waals surface area contributed by atoms with Gasteiger partial charge in [0.1, 0.15) is 11.6 Å². The lowest BCUT2D eigenvalue weighted by molar-refractivity contribution is 0.119. The molecule has 0 unspecified atom stereocenters. The van der Waals surface area contributed by atoms with E-state index in [9.17, 15) is 4.39 Å². The zero-order valence-electron chi connectivity index (χ0n) is 13.5. The van der Waals surface area contributed by atoms with E-state index in [1.165, 1.54) is 12.8 Å². The molecule has 1 aliphatic heterocycles. The summed E-state index contributed by atoms with van der Waals surface area (Å²) < 4.78 is 20.1. The highest BCUT2D eigenvalue weighted by Gasteiger charge is 2.28. The van der Waals surface area contributed by atoms with Gasteiger partial charge in [-0.2, -0.15) is 0 Å². The molecule has 1 saturated carbocycles. The standard InChI is InChI=1S/C18H21BrFN3O/c19-16-3-1-2-14(18(16)20)11-22-6-8-23(9-7-22)12-15-10-17(24-21-15)13-4-5-13/h1-3,10,13H,4-9,11-12H2. The molecule has 1 saturated heterocycles. The van der Waals surface area contributed by atoms with Crippen LogP contribution < -0.4 is 0 Å². The van der Waals surface area contributed by atoms with Gasteiger partial charge >= 0.3 is 0 Å². The van der Waals surface area contributed by atoms with Gasteiger partial charge in [-0.1, -0.05) is 17.3 Å². The van der Waals surface area contributed by atoms with Crippen molar-refractivity contribution >= 4 is 15.9 Å². The van der Waals surface area contributed by atoms with Crippen molar-refractivity contribution in [2.75, 3.05) is 26.2 Å². The molecule has 6 heteroatoms. The fourth-order valence-electron chi connectivity index (χ4n) is 3.21. The zero-order valence-corrected chi connectivity index (χ0v) is 15.1. The first-order valence-corrected chi connectivity index (χ1v) is 9.31. The van der Waals surface area contributed by atoms with Crippen LogP contribution in [0.3, 0.4) is 0 Å². The van der Waals surface area contributed by atoms with Crippen LogP contribution in [0.1, 0.15) is 35.8 Å². The van der Waals surface area contributed by atoms with E-state index in [-0.39, 0.29) is 5.82 Å². The van der Waals surface area contributed by atoms with Gasteiger partial charge in [-0.15, -0.1) is 0 Å². The zero-order chi connectivity index (χ0) is 16.5. The number of rotatable bonds is 5. The molecular formula is C18H21BrFN3O. The van der Waals surface area contributed by atoms with Crippen LogP contribution in [-0.2, 0) is 13.1 Å². The van der Waals surface area contributed by atoms with Crippen LogP contribution in [0.4, 0.5) is 4.39 Å². The molecule has 2 aromatic rings. The fourth-order valence-corrected chi connectivity index (χ4v) is 3.62. The predicted molar refractivity (Wildman–Crippen MR) is 93.1 cm³/mol. The van der Waals surface area contributed by atoms with E-state index >= 15 is 0 Å². The molecular weight excluding hydrogens is 373 g/mol. The molecule has 0 N–H and O–H groups in total. The summed E-state index contributed by atoms with van der Waals surface area (Å²) in [6.45, 7) is 5.34. The van der Waals surface area contributed by atoms with Crippen LogP contribution in [0, 0.1) is 5.82 Å². The summed E-state index contributed by atoms with van der Waals surface area (Å²) in [5.74, 6) is 1.52. The number of benzene rings is 1. The minimum absolute atomic E-state index is 0.143. The molecule has 0 amide bonds. The number of aromatic nitrogens is 1. The Balaban J connectivity index is 1.29. The van der Waals surface area contributed by atoms with Gasteiger partial charge in [0.05, 0.1) is 10.2 Å². The SMILES string of the molecule is Fc1c(Br)cccc1CN1CCN(Cc2cc(C3CC3)on2)CC1. The third kappa shape index (κ3) is 3.71. The molecule has 1 aromatic heterocycles. The molecule has 4 nitrogen and oxygen atoms in total. The lowest BCUT2D eigenvalue weighted by Gasteiger charge is -2.34. The first kappa shape index (κ1) is 16.2. The predicted octanol–water partition coefficient (Wildman–Crippen LogP) is 3.77. The Kier molecular flexibility index (Phi) is 4.70. The van der Waals surface area contributed by atoms with Crippen molar-refractivity contribution in [3.63, 3.8) is 0 Å². The van der Waals surface area contributed by atoms with Crippen LogP contribution in [0.2, 0.25) is 0 Å². The summed E-state index contributed by atoms with van der Waals surface area (Å²) in [5, 5.41) is 4.19. The summed E-state index contributed by atoms with van der Waals surface area (Å²) in [6, 6.07) is 7.60. The van der Waals surface area contributed by atoms with Crippen molar-refractivity contribution < 1.29 is 8.91 Å². The molecule has 24 heavy (non-hydrogen) atoms. The normalized spacial score (nSPS) is 19.8. The Bertz CT molecular complexity index is 708. The Labute approximate surface area is 149 Å². The summed E-state index contributed by atoms with van der Waals surface area (Å²) in [7, 11) is 0. The lowest BCUT2D eigenvalue weighted by atomic mass is 10.2. The first-order chi connectivity index (χ1) is 11.7. The Morgan fingerprint density at radius 3 is 2.54 bits per heavy atom. The molecule has 4 rings (SSSR count). The van der Waals surface area contributed by atoms with Gasteiger partial charge in [0.2, 0.25) is 0 Å². The van der Waals surface area contributed by atoms with E-state index in [1.807, 2.05) is 12.1 Å². The third-order valence-corrected chi connectivity index (χ3v) is 5.45. The van der Waals surface area contributed by atoms with E-state index in [1.54, 1.807) is 6.07 Å². The van der Waals surface area contributed by atoms with Gasteiger partial charge in [-0.05, 0) is 34.8 Å². The summed E-state index contributed by atoms with van der Waals surface area (Å²) in [4.78, 5) is 4.70. The topological polar surface area (TPSA) is 32.5 Å². The number of piperazine rings is 1. The van der Waals surface area contributed by atoms with Crippen molar-refractivity contribution in [3.05, 3.63) is 51.6 Å². The lowest BCUT2D eigenvalue weighted by Crippen LogP contribution is -2.45. The second-order valence-corrected chi connectivity index (χ2v) is 7.61. The van der Waals surface area contributed by atoms with E-state index < -0.39 is 0 Å². The molecule has 0 atom stereocenters. The van der Waals surface area contributed by atoms with E-state index in [0.29, 0.717) is 16.9 Å². The molecule has 2 fully saturated rings. The highest BCUT2D eigenvalue weighted by atomic mass is 79.9. The molecule has 0 radical (unpaired) electrons. The molecule has 2 aliphatic rings. The second-order valence-electron chi connectivity index (χ2n) is 6.76. The van der Waals surface area contributed by atoms with Crippen molar-refractivity contribution in [2.45, 2.75) is 31.8 Å². The van der Waals surface area contributed by atoms with Crippen molar-refractivity contribution in [1.82, 2.24) is 15.0 Å². The molecule has 128 valence electrons. The first-order valence-electron chi connectivity index (χ1n) is 8.52. The average molecular weight is 394 g/mol. The maximum Gasteiger partial charge on any atom is 0.141 e. The maximum absolute atomic E-state index is 14.1. The van der Waals surface area contributed by atoms with Crippen molar-refractivity contribution in [2.24, 2.45) is 0 Å². The minimum atomic E-state index is -0.143. The van der Waals surface area contributed by atoms with E-state index in [4.69, 9.17) is 4.52 Å². The van der Waals surface area contributed by atoms with Crippen molar-refractivity contribution in [3.8, 4) is 0 Å². The van der Waals surface area contributed by atoms with Crippen LogP contribution in [-0.4, -0.2) is 41.1 Å². The Morgan fingerprint density at radius 1 is 1.12 bits per heavy atom. The number of nitrogens with zero attached hydrogens (tertiary/aromatic N) is 3. The maximum atomic E-state index is 14.1. The van der Waals surface area contributed by atoms with Gasteiger partial charge < -0.3 is 4.52 Å². The van der Waals surface area contributed by atoms with E-state index in [2.05, 4.69) is 37.0 Å². The largest absolute Gasteiger partial charge is 0.361 e. The van der Waals surface area contributed by atoms with Crippen LogP contribution in [0.25, 0.3) is 0 Å². The van der Waals surface area contributed by atoms with Crippen LogP contribution >= 0.6 is 15.9 Å². The Morgan fingerprint density at radius 2 is 1.83 bits per heavy atom. The van der Waals surface area contributed by atoms with Gasteiger partial charge in [0, 0.05) is 56.8 Å². The number of hydrogen-bond acceptors (Lipinski definition) is 4. The molecule has 0 bridgehead atoms. The van der Waals surface area contributed by atoms with Gasteiger partial charge in [0.25, 0.3) is 0 Å². The van der Waals surface area contributed by atoms with Crippen molar-refractivity contribution in [1.29, 1.82) is 0 Å². The number of halogens is 2. The monoisotopic (exact) mass is 393 g/mol. The third-order valence-electron chi connectivity index (χ3n) is 4.83. The molecule has 0 spiro atoms. The minimum Gasteiger partial charge on any atom is -0.361 e. The average Bonchev–Trinajstić information content (AvgIpc) is 3.34. The molecule has 1 aromatic carbocycles. The quantitative estimate of drug-likeness (QED) is 0.773. The smallest absolute Gasteiger partial charge is 0.141 e. The molecule has 2 heterocycles. The summed E-state index contributed by atoms with van der Waals surface area (Å²) >= 11 is 3.26. The Hall–Kier alpha value is -1.24. The van der Waals surface area contributed by atoms with E-state index in [0.717, 1.165) is 49.7 Å². The van der Waals surface area contributed by atoms with Crippen LogP contribution in [0.5, 0.6) is 0 Å². The molecule has 1 aliphatic carbocycles. The summed E-state index contributed by atoms with van der Waals surface area (Å²) in [6.07, 6.45) is 2.47. The highest BCUT2D eigenvalue weighted by molar-refractivity contribution is 9.10. The van der Waals surface area contributed by atoms with Crippen LogP contribution in [0.15, 0.2) is 33.3 Å². The van der Waals surface area contributed by atoms with Gasteiger partial charge in [0.15, 0.2) is 0 Å². The number of hydrogen-bond donors (Lipinski definition) is 0. The highest BCUT2D eigenvalue weighted by Crippen LogP contribution is 2.40.